The topological polar surface area (TPSA) is 77.0 Å². The fraction of sp³-hybridized carbons (Fsp3) is 0.529. The lowest BCUT2D eigenvalue weighted by atomic mass is 9.64. The molecule has 0 spiro atoms. The molecule has 2 aromatic heterocycles. The maximum absolute atomic E-state index is 12.3. The van der Waals surface area contributed by atoms with Crippen LogP contribution in [0.2, 0.25) is 0 Å². The maximum Gasteiger partial charge on any atom is 0.226 e. The number of nitrogens with zero attached hydrogens (tertiary/aromatic N) is 3. The number of aromatic nitrogens is 3. The van der Waals surface area contributed by atoms with E-state index in [1.807, 2.05) is 12.3 Å². The first-order valence-corrected chi connectivity index (χ1v) is 9.01. The molecule has 1 aliphatic rings. The van der Waals surface area contributed by atoms with Gasteiger partial charge in [0.15, 0.2) is 10.8 Å². The molecule has 2 atom stereocenters. The van der Waals surface area contributed by atoms with Crippen LogP contribution in [0.4, 0.5) is 0 Å². The molecule has 1 amide bonds. The summed E-state index contributed by atoms with van der Waals surface area (Å²) in [6, 6.07) is 1.92. The third-order valence-corrected chi connectivity index (χ3v) is 5.42. The summed E-state index contributed by atoms with van der Waals surface area (Å²) >= 11 is 1.45. The first kappa shape index (κ1) is 17.0. The molecule has 3 rings (SSSR count). The van der Waals surface area contributed by atoms with Gasteiger partial charge in [-0.25, -0.2) is 15.0 Å². The van der Waals surface area contributed by atoms with Gasteiger partial charge in [-0.1, -0.05) is 13.8 Å². The van der Waals surface area contributed by atoms with Crippen LogP contribution in [0.15, 0.2) is 23.8 Å². The molecule has 0 radical (unpaired) electrons. The minimum Gasteiger partial charge on any atom is -0.378 e. The van der Waals surface area contributed by atoms with E-state index < -0.39 is 0 Å². The third kappa shape index (κ3) is 3.47. The minimum absolute atomic E-state index is 0.00569. The van der Waals surface area contributed by atoms with Crippen LogP contribution in [0.25, 0.3) is 10.8 Å². The number of ether oxygens (including phenoxy) is 1. The van der Waals surface area contributed by atoms with E-state index in [9.17, 15) is 4.79 Å². The van der Waals surface area contributed by atoms with E-state index in [1.54, 1.807) is 18.5 Å². The highest BCUT2D eigenvalue weighted by atomic mass is 32.1. The smallest absolute Gasteiger partial charge is 0.226 e. The lowest BCUT2D eigenvalue weighted by Crippen LogP contribution is -2.62. The molecule has 0 aliphatic heterocycles. The lowest BCUT2D eigenvalue weighted by Gasteiger charge is -2.51. The summed E-state index contributed by atoms with van der Waals surface area (Å²) in [6.45, 7) is 6.97. The Labute approximate surface area is 145 Å². The number of nitrogens with one attached hydrogen (secondary N) is 1. The van der Waals surface area contributed by atoms with E-state index in [2.05, 4.69) is 34.1 Å². The largest absolute Gasteiger partial charge is 0.378 e. The van der Waals surface area contributed by atoms with Crippen LogP contribution in [0, 0.1) is 5.41 Å². The summed E-state index contributed by atoms with van der Waals surface area (Å²) < 4.78 is 5.70. The number of carbonyl (C=O) groups excluding carboxylic acids is 1. The predicted molar refractivity (Wildman–Crippen MR) is 92.6 cm³/mol. The molecule has 1 fully saturated rings. The van der Waals surface area contributed by atoms with Gasteiger partial charge in [-0.15, -0.1) is 11.3 Å². The quantitative estimate of drug-likeness (QED) is 0.869. The van der Waals surface area contributed by atoms with Crippen molar-refractivity contribution >= 4 is 17.2 Å². The Morgan fingerprint density at radius 1 is 1.42 bits per heavy atom. The summed E-state index contributed by atoms with van der Waals surface area (Å²) in [5.41, 5.74) is 0.718. The van der Waals surface area contributed by atoms with Crippen molar-refractivity contribution in [3.8, 4) is 10.8 Å². The van der Waals surface area contributed by atoms with Crippen LogP contribution in [0.1, 0.15) is 32.9 Å². The average molecular weight is 346 g/mol. The highest BCUT2D eigenvalue weighted by Crippen LogP contribution is 2.42. The monoisotopic (exact) mass is 346 g/mol. The highest BCUT2D eigenvalue weighted by Gasteiger charge is 2.49. The van der Waals surface area contributed by atoms with Crippen molar-refractivity contribution in [1.82, 2.24) is 20.3 Å². The molecule has 1 aliphatic carbocycles. The molecule has 24 heavy (non-hydrogen) atoms. The summed E-state index contributed by atoms with van der Waals surface area (Å²) in [4.78, 5) is 25.1. The van der Waals surface area contributed by atoms with Crippen molar-refractivity contribution in [2.45, 2.75) is 45.8 Å². The number of carbonyl (C=O) groups is 1. The Morgan fingerprint density at radius 3 is 2.83 bits per heavy atom. The molecular formula is C17H22N4O2S. The van der Waals surface area contributed by atoms with Crippen molar-refractivity contribution in [3.05, 3.63) is 29.5 Å². The molecule has 0 saturated heterocycles. The molecular weight excluding hydrogens is 324 g/mol. The Balaban J connectivity index is 1.56. The molecule has 1 saturated carbocycles. The number of rotatable bonds is 6. The van der Waals surface area contributed by atoms with E-state index in [-0.39, 0.29) is 29.9 Å². The van der Waals surface area contributed by atoms with Crippen molar-refractivity contribution in [2.75, 3.05) is 6.61 Å². The Kier molecular flexibility index (Phi) is 4.91. The average Bonchev–Trinajstić information content (AvgIpc) is 3.03. The zero-order valence-corrected chi connectivity index (χ0v) is 15.0. The van der Waals surface area contributed by atoms with Gasteiger partial charge in [0.05, 0.1) is 18.2 Å². The van der Waals surface area contributed by atoms with Gasteiger partial charge >= 0.3 is 0 Å². The third-order valence-electron chi connectivity index (χ3n) is 4.53. The molecule has 2 aromatic rings. The first-order chi connectivity index (χ1) is 11.5. The lowest BCUT2D eigenvalue weighted by molar-refractivity contribution is -0.136. The molecule has 0 bridgehead atoms. The van der Waals surface area contributed by atoms with Crippen molar-refractivity contribution < 1.29 is 9.53 Å². The van der Waals surface area contributed by atoms with Crippen molar-refractivity contribution in [3.63, 3.8) is 0 Å². The summed E-state index contributed by atoms with van der Waals surface area (Å²) in [7, 11) is 0. The van der Waals surface area contributed by atoms with Gasteiger partial charge in [0.1, 0.15) is 0 Å². The van der Waals surface area contributed by atoms with Crippen LogP contribution >= 0.6 is 11.3 Å². The first-order valence-electron chi connectivity index (χ1n) is 8.13. The van der Waals surface area contributed by atoms with E-state index in [4.69, 9.17) is 4.74 Å². The summed E-state index contributed by atoms with van der Waals surface area (Å²) in [5.74, 6) is 0.586. The number of amides is 1. The van der Waals surface area contributed by atoms with Crippen molar-refractivity contribution in [2.24, 2.45) is 5.41 Å². The van der Waals surface area contributed by atoms with Gasteiger partial charge in [0.25, 0.3) is 0 Å². The van der Waals surface area contributed by atoms with Crippen LogP contribution in [0.3, 0.4) is 0 Å². The van der Waals surface area contributed by atoms with Gasteiger partial charge in [-0.05, 0) is 19.4 Å². The number of hydrogen-bond donors (Lipinski definition) is 1. The molecule has 1 N–H and O–H groups in total. The van der Waals surface area contributed by atoms with Gasteiger partial charge in [-0.2, -0.15) is 0 Å². The minimum atomic E-state index is -0.0310. The SMILES string of the molecule is CCO[C@@H]1C[C@@H](NC(=O)Cc2csc(-c3ncccn3)n2)C1(C)C. The van der Waals surface area contributed by atoms with E-state index >= 15 is 0 Å². The summed E-state index contributed by atoms with van der Waals surface area (Å²) in [6.07, 6.45) is 4.73. The molecule has 0 unspecified atom stereocenters. The molecule has 0 aromatic carbocycles. The molecule has 2 heterocycles. The second-order valence-electron chi connectivity index (χ2n) is 6.51. The Bertz CT molecular complexity index is 702. The van der Waals surface area contributed by atoms with Crippen LogP contribution < -0.4 is 5.32 Å². The van der Waals surface area contributed by atoms with Crippen LogP contribution in [-0.2, 0) is 16.0 Å². The number of hydrogen-bond acceptors (Lipinski definition) is 6. The standard InChI is InChI=1S/C17H22N4O2S/c1-4-23-13-9-12(17(13,2)3)21-14(22)8-11-10-24-16(20-11)15-18-6-5-7-19-15/h5-7,10,12-13H,4,8-9H2,1-3H3,(H,21,22)/t12-,13-/m1/s1. The van der Waals surface area contributed by atoms with E-state index in [1.165, 1.54) is 11.3 Å². The van der Waals surface area contributed by atoms with Gasteiger partial charge < -0.3 is 10.1 Å². The number of thiazole rings is 1. The maximum atomic E-state index is 12.3. The van der Waals surface area contributed by atoms with Crippen LogP contribution in [-0.4, -0.2) is 39.6 Å². The zero-order valence-electron chi connectivity index (χ0n) is 14.2. The van der Waals surface area contributed by atoms with Gasteiger partial charge in [-0.3, -0.25) is 4.79 Å². The van der Waals surface area contributed by atoms with E-state index in [0.717, 1.165) is 17.1 Å². The normalized spacial score (nSPS) is 22.0. The Morgan fingerprint density at radius 2 is 2.17 bits per heavy atom. The fourth-order valence-corrected chi connectivity index (χ4v) is 3.69. The second-order valence-corrected chi connectivity index (χ2v) is 7.37. The van der Waals surface area contributed by atoms with Gasteiger partial charge in [0.2, 0.25) is 5.91 Å². The summed E-state index contributed by atoms with van der Waals surface area (Å²) in [5, 5.41) is 5.73. The molecule has 128 valence electrons. The molecule has 7 heteroatoms. The van der Waals surface area contributed by atoms with Crippen LogP contribution in [0.5, 0.6) is 0 Å². The van der Waals surface area contributed by atoms with Crippen molar-refractivity contribution in [1.29, 1.82) is 0 Å². The van der Waals surface area contributed by atoms with E-state index in [0.29, 0.717) is 12.4 Å². The molecule has 6 nitrogen and oxygen atoms in total. The van der Waals surface area contributed by atoms with Gasteiger partial charge in [0, 0.05) is 35.8 Å². The fourth-order valence-electron chi connectivity index (χ4n) is 2.92. The highest BCUT2D eigenvalue weighted by molar-refractivity contribution is 7.13. The Hall–Kier alpha value is -1.86. The predicted octanol–water partition coefficient (Wildman–Crippen LogP) is 2.46. The zero-order chi connectivity index (χ0) is 17.2. The second kappa shape index (κ2) is 6.94.